The minimum atomic E-state index is 0.158. The third-order valence-electron chi connectivity index (χ3n) is 6.26. The topological polar surface area (TPSA) is 32.3 Å². The SMILES string of the molecule is O=C(NC1CC2CCC1C2)C1CCCN(Cc2ccc(Cl)cc2)C1. The fourth-order valence-corrected chi connectivity index (χ4v) is 5.11. The normalized spacial score (nSPS) is 32.9. The summed E-state index contributed by atoms with van der Waals surface area (Å²) in [6.07, 6.45) is 7.42. The minimum absolute atomic E-state index is 0.158. The molecule has 4 heteroatoms. The summed E-state index contributed by atoms with van der Waals surface area (Å²) >= 11 is 5.96. The highest BCUT2D eigenvalue weighted by Crippen LogP contribution is 2.44. The number of carbonyl (C=O) groups excluding carboxylic acids is 1. The third kappa shape index (κ3) is 3.62. The molecule has 0 spiro atoms. The van der Waals surface area contributed by atoms with Crippen LogP contribution in [0.5, 0.6) is 0 Å². The molecule has 1 amide bonds. The van der Waals surface area contributed by atoms with Crippen molar-refractivity contribution < 1.29 is 4.79 Å². The highest BCUT2D eigenvalue weighted by Gasteiger charge is 2.41. The van der Waals surface area contributed by atoms with Gasteiger partial charge in [0.05, 0.1) is 5.92 Å². The van der Waals surface area contributed by atoms with Crippen LogP contribution in [0, 0.1) is 17.8 Å². The van der Waals surface area contributed by atoms with E-state index in [0.717, 1.165) is 49.3 Å². The van der Waals surface area contributed by atoms with Gasteiger partial charge in [-0.25, -0.2) is 0 Å². The van der Waals surface area contributed by atoms with Crippen molar-refractivity contribution >= 4 is 17.5 Å². The van der Waals surface area contributed by atoms with E-state index in [2.05, 4.69) is 22.3 Å². The zero-order valence-corrected chi connectivity index (χ0v) is 15.0. The summed E-state index contributed by atoms with van der Waals surface area (Å²) < 4.78 is 0. The van der Waals surface area contributed by atoms with Crippen LogP contribution in [0.3, 0.4) is 0 Å². The maximum atomic E-state index is 12.7. The Morgan fingerprint density at radius 2 is 2.00 bits per heavy atom. The summed E-state index contributed by atoms with van der Waals surface area (Å²) in [6.45, 7) is 2.88. The molecule has 1 N–H and O–H groups in total. The molecule has 2 saturated carbocycles. The van der Waals surface area contributed by atoms with Gasteiger partial charge in [0.15, 0.2) is 0 Å². The molecule has 1 aliphatic heterocycles. The molecule has 1 heterocycles. The number of benzene rings is 1. The van der Waals surface area contributed by atoms with Gasteiger partial charge >= 0.3 is 0 Å². The highest BCUT2D eigenvalue weighted by atomic mass is 35.5. The Balaban J connectivity index is 1.31. The molecule has 3 nitrogen and oxygen atoms in total. The monoisotopic (exact) mass is 346 g/mol. The van der Waals surface area contributed by atoms with E-state index in [1.165, 1.54) is 31.2 Å². The Morgan fingerprint density at radius 1 is 1.17 bits per heavy atom. The van der Waals surface area contributed by atoms with Crippen molar-refractivity contribution in [1.29, 1.82) is 0 Å². The van der Waals surface area contributed by atoms with Crippen molar-refractivity contribution in [2.24, 2.45) is 17.8 Å². The first kappa shape index (κ1) is 16.4. The van der Waals surface area contributed by atoms with Crippen LogP contribution in [0.15, 0.2) is 24.3 Å². The van der Waals surface area contributed by atoms with E-state index in [1.807, 2.05) is 12.1 Å². The molecule has 4 rings (SSSR count). The number of likely N-dealkylation sites (tertiary alicyclic amines) is 1. The van der Waals surface area contributed by atoms with E-state index in [4.69, 9.17) is 11.6 Å². The van der Waals surface area contributed by atoms with Crippen molar-refractivity contribution in [1.82, 2.24) is 10.2 Å². The summed E-state index contributed by atoms with van der Waals surface area (Å²) in [4.78, 5) is 15.1. The Kier molecular flexibility index (Phi) is 4.82. The molecule has 3 fully saturated rings. The molecule has 2 bridgehead atoms. The predicted molar refractivity (Wildman–Crippen MR) is 96.8 cm³/mol. The number of hydrogen-bond donors (Lipinski definition) is 1. The number of nitrogens with zero attached hydrogens (tertiary/aromatic N) is 1. The van der Waals surface area contributed by atoms with E-state index in [0.29, 0.717) is 11.9 Å². The van der Waals surface area contributed by atoms with Crippen LogP contribution in [0.2, 0.25) is 5.02 Å². The summed E-state index contributed by atoms with van der Waals surface area (Å²) in [7, 11) is 0. The van der Waals surface area contributed by atoms with Crippen molar-refractivity contribution in [2.45, 2.75) is 51.1 Å². The molecule has 4 atom stereocenters. The number of fused-ring (bicyclic) bond motifs is 2. The molecule has 1 aromatic rings. The first-order valence-corrected chi connectivity index (χ1v) is 9.82. The average Bonchev–Trinajstić information content (AvgIpc) is 3.20. The van der Waals surface area contributed by atoms with Crippen molar-refractivity contribution in [3.8, 4) is 0 Å². The van der Waals surface area contributed by atoms with Gasteiger partial charge in [-0.3, -0.25) is 9.69 Å². The summed E-state index contributed by atoms with van der Waals surface area (Å²) in [5, 5.41) is 4.17. The van der Waals surface area contributed by atoms with Gasteiger partial charge < -0.3 is 5.32 Å². The zero-order valence-electron chi connectivity index (χ0n) is 14.2. The fourth-order valence-electron chi connectivity index (χ4n) is 4.98. The molecule has 1 aromatic carbocycles. The van der Waals surface area contributed by atoms with E-state index >= 15 is 0 Å². The van der Waals surface area contributed by atoms with Crippen LogP contribution in [0.25, 0.3) is 0 Å². The zero-order chi connectivity index (χ0) is 16.5. The Morgan fingerprint density at radius 3 is 2.71 bits per heavy atom. The standard InChI is InChI=1S/C20H27ClN2O/c21-18-7-4-14(5-8-18)12-23-9-1-2-17(13-23)20(24)22-19-11-15-3-6-16(19)10-15/h4-5,7-8,15-17,19H,1-3,6,9-13H2,(H,22,24). The smallest absolute Gasteiger partial charge is 0.224 e. The van der Waals surface area contributed by atoms with Crippen LogP contribution in [0.1, 0.15) is 44.1 Å². The molecule has 130 valence electrons. The lowest BCUT2D eigenvalue weighted by Crippen LogP contribution is -2.47. The van der Waals surface area contributed by atoms with E-state index in [1.54, 1.807) is 0 Å². The molecule has 1 saturated heterocycles. The second-order valence-electron chi connectivity index (χ2n) is 7.99. The molecule has 3 aliphatic rings. The molecule has 4 unspecified atom stereocenters. The number of hydrogen-bond acceptors (Lipinski definition) is 2. The largest absolute Gasteiger partial charge is 0.353 e. The van der Waals surface area contributed by atoms with Crippen LogP contribution in [-0.2, 0) is 11.3 Å². The van der Waals surface area contributed by atoms with E-state index in [-0.39, 0.29) is 5.92 Å². The third-order valence-corrected chi connectivity index (χ3v) is 6.51. The summed E-state index contributed by atoms with van der Waals surface area (Å²) in [5.74, 6) is 2.10. The van der Waals surface area contributed by atoms with Crippen molar-refractivity contribution in [3.05, 3.63) is 34.9 Å². The highest BCUT2D eigenvalue weighted by molar-refractivity contribution is 6.30. The predicted octanol–water partition coefficient (Wildman–Crippen LogP) is 3.86. The van der Waals surface area contributed by atoms with Gasteiger partial charge in [0, 0.05) is 24.2 Å². The molecule has 24 heavy (non-hydrogen) atoms. The first-order valence-electron chi connectivity index (χ1n) is 9.44. The number of amides is 1. The van der Waals surface area contributed by atoms with Crippen LogP contribution < -0.4 is 5.32 Å². The van der Waals surface area contributed by atoms with Gasteiger partial charge in [0.2, 0.25) is 5.91 Å². The van der Waals surface area contributed by atoms with Gasteiger partial charge in [0.25, 0.3) is 0 Å². The number of carbonyl (C=O) groups is 1. The van der Waals surface area contributed by atoms with Crippen LogP contribution in [-0.4, -0.2) is 29.9 Å². The lowest BCUT2D eigenvalue weighted by Gasteiger charge is -2.33. The van der Waals surface area contributed by atoms with E-state index < -0.39 is 0 Å². The molecule has 0 aromatic heterocycles. The maximum Gasteiger partial charge on any atom is 0.224 e. The summed E-state index contributed by atoms with van der Waals surface area (Å²) in [5.41, 5.74) is 1.27. The Bertz CT molecular complexity index is 588. The number of rotatable bonds is 4. The van der Waals surface area contributed by atoms with Gasteiger partial charge in [-0.2, -0.15) is 0 Å². The number of piperidine rings is 1. The van der Waals surface area contributed by atoms with Gasteiger partial charge in [-0.1, -0.05) is 30.2 Å². The Labute approximate surface area is 149 Å². The second-order valence-corrected chi connectivity index (χ2v) is 8.43. The van der Waals surface area contributed by atoms with Gasteiger partial charge in [-0.05, 0) is 68.2 Å². The van der Waals surface area contributed by atoms with Gasteiger partial charge in [-0.15, -0.1) is 0 Å². The number of halogens is 1. The lowest BCUT2D eigenvalue weighted by molar-refractivity contribution is -0.127. The van der Waals surface area contributed by atoms with Crippen molar-refractivity contribution in [3.63, 3.8) is 0 Å². The maximum absolute atomic E-state index is 12.7. The van der Waals surface area contributed by atoms with Crippen LogP contribution >= 0.6 is 11.6 Å². The van der Waals surface area contributed by atoms with Crippen molar-refractivity contribution in [2.75, 3.05) is 13.1 Å². The van der Waals surface area contributed by atoms with E-state index in [9.17, 15) is 4.79 Å². The summed E-state index contributed by atoms with van der Waals surface area (Å²) in [6, 6.07) is 8.52. The molecular formula is C20H27ClN2O. The molecule has 2 aliphatic carbocycles. The number of nitrogens with one attached hydrogen (secondary N) is 1. The molecule has 0 radical (unpaired) electrons. The Hall–Kier alpha value is -1.06. The minimum Gasteiger partial charge on any atom is -0.353 e. The average molecular weight is 347 g/mol. The van der Waals surface area contributed by atoms with Gasteiger partial charge in [0.1, 0.15) is 0 Å². The fraction of sp³-hybridized carbons (Fsp3) is 0.650. The van der Waals surface area contributed by atoms with Crippen LogP contribution in [0.4, 0.5) is 0 Å². The lowest BCUT2D eigenvalue weighted by atomic mass is 9.92. The first-order chi connectivity index (χ1) is 11.7. The molecular weight excluding hydrogens is 320 g/mol. The quantitative estimate of drug-likeness (QED) is 0.897. The second kappa shape index (κ2) is 7.05.